The minimum Gasteiger partial charge on any atom is -0.487 e. The topological polar surface area (TPSA) is 76.1 Å². The van der Waals surface area contributed by atoms with Gasteiger partial charge < -0.3 is 19.5 Å². The molecule has 6 heteroatoms. The van der Waals surface area contributed by atoms with Crippen molar-refractivity contribution >= 4 is 11.9 Å². The predicted octanol–water partition coefficient (Wildman–Crippen LogP) is 5.51. The molecule has 6 nitrogen and oxygen atoms in total. The third-order valence-electron chi connectivity index (χ3n) is 9.72. The second kappa shape index (κ2) is 10.0. The van der Waals surface area contributed by atoms with Crippen LogP contribution in [-0.4, -0.2) is 47.2 Å². The van der Waals surface area contributed by atoms with Crippen LogP contribution in [-0.2, 0) is 33.6 Å². The van der Waals surface area contributed by atoms with Crippen LogP contribution in [0, 0.1) is 11.3 Å². The summed E-state index contributed by atoms with van der Waals surface area (Å²) in [6.07, 6.45) is 8.44. The van der Waals surface area contributed by atoms with Gasteiger partial charge >= 0.3 is 5.97 Å². The van der Waals surface area contributed by atoms with Crippen molar-refractivity contribution in [3.8, 4) is 5.75 Å². The van der Waals surface area contributed by atoms with E-state index in [4.69, 9.17) is 9.47 Å². The van der Waals surface area contributed by atoms with Gasteiger partial charge in [-0.2, -0.15) is 0 Å². The SMILES string of the molecule is C[C@@]1(CCC(=O)O)Oc2ccccc2[C@@H]2OCC3(CCN(C(=O)Cc4ccc5c(c4)CCCC5)CC3)C[C@H]21. The Hall–Kier alpha value is -2.86. The number of hydrogen-bond donors (Lipinski definition) is 1. The Balaban J connectivity index is 1.13. The van der Waals surface area contributed by atoms with Gasteiger partial charge in [-0.3, -0.25) is 9.59 Å². The molecule has 6 rings (SSSR count). The lowest BCUT2D eigenvalue weighted by molar-refractivity contribution is -0.183. The molecule has 3 aliphatic heterocycles. The van der Waals surface area contributed by atoms with E-state index >= 15 is 0 Å². The maximum absolute atomic E-state index is 13.2. The molecule has 0 unspecified atom stereocenters. The number of carboxylic acid groups (broad SMARTS) is 1. The van der Waals surface area contributed by atoms with Gasteiger partial charge in [-0.25, -0.2) is 0 Å². The first-order valence-corrected chi connectivity index (χ1v) is 14.3. The first-order valence-electron chi connectivity index (χ1n) is 14.3. The van der Waals surface area contributed by atoms with Crippen molar-refractivity contribution < 1.29 is 24.2 Å². The molecule has 2 aromatic carbocycles. The fraction of sp³-hybridized carbons (Fsp3) is 0.562. The van der Waals surface area contributed by atoms with E-state index in [0.717, 1.165) is 62.1 Å². The largest absolute Gasteiger partial charge is 0.487 e. The maximum atomic E-state index is 13.2. The molecule has 1 N–H and O–H groups in total. The quantitative estimate of drug-likeness (QED) is 0.566. The highest BCUT2D eigenvalue weighted by Gasteiger charge is 2.54. The fourth-order valence-electron chi connectivity index (χ4n) is 7.35. The number of amides is 1. The average molecular weight is 518 g/mol. The van der Waals surface area contributed by atoms with Crippen LogP contribution in [0.5, 0.6) is 5.75 Å². The molecule has 1 amide bonds. The monoisotopic (exact) mass is 517 g/mol. The first kappa shape index (κ1) is 25.4. The van der Waals surface area contributed by atoms with Gasteiger partial charge in [0.25, 0.3) is 0 Å². The summed E-state index contributed by atoms with van der Waals surface area (Å²) in [5.41, 5.74) is 4.46. The van der Waals surface area contributed by atoms with E-state index in [1.54, 1.807) is 0 Å². The number of piperidine rings is 1. The van der Waals surface area contributed by atoms with E-state index in [-0.39, 0.29) is 29.8 Å². The third-order valence-corrected chi connectivity index (χ3v) is 9.72. The number of nitrogens with zero attached hydrogens (tertiary/aromatic N) is 1. The van der Waals surface area contributed by atoms with Crippen molar-refractivity contribution in [2.75, 3.05) is 19.7 Å². The van der Waals surface area contributed by atoms with Crippen LogP contribution in [0.3, 0.4) is 0 Å². The molecule has 202 valence electrons. The second-order valence-corrected chi connectivity index (χ2v) is 12.3. The van der Waals surface area contributed by atoms with E-state index in [9.17, 15) is 14.7 Å². The molecule has 4 aliphatic rings. The first-order chi connectivity index (χ1) is 18.3. The van der Waals surface area contributed by atoms with E-state index < -0.39 is 11.6 Å². The number of aryl methyl sites for hydroxylation is 2. The third kappa shape index (κ3) is 4.84. The van der Waals surface area contributed by atoms with Crippen molar-refractivity contribution in [2.24, 2.45) is 11.3 Å². The lowest BCUT2D eigenvalue weighted by Gasteiger charge is -2.55. The van der Waals surface area contributed by atoms with Crippen LogP contribution in [0.25, 0.3) is 0 Å². The molecule has 1 aliphatic carbocycles. The van der Waals surface area contributed by atoms with Crippen molar-refractivity contribution in [2.45, 2.75) is 82.8 Å². The van der Waals surface area contributed by atoms with E-state index in [2.05, 4.69) is 31.2 Å². The zero-order chi connectivity index (χ0) is 26.3. The van der Waals surface area contributed by atoms with Crippen molar-refractivity contribution in [1.82, 2.24) is 4.90 Å². The number of para-hydroxylation sites is 1. The molecule has 3 heterocycles. The second-order valence-electron chi connectivity index (χ2n) is 12.3. The van der Waals surface area contributed by atoms with Gasteiger partial charge in [-0.15, -0.1) is 0 Å². The molecule has 0 radical (unpaired) electrons. The summed E-state index contributed by atoms with van der Waals surface area (Å²) in [5.74, 6) is 0.289. The number of fused-ring (bicyclic) bond motifs is 4. The Morgan fingerprint density at radius 1 is 1.05 bits per heavy atom. The minimum atomic E-state index is -0.803. The molecule has 0 aromatic heterocycles. The highest BCUT2D eigenvalue weighted by molar-refractivity contribution is 5.79. The zero-order valence-electron chi connectivity index (χ0n) is 22.4. The number of rotatable bonds is 5. The summed E-state index contributed by atoms with van der Waals surface area (Å²) >= 11 is 0. The zero-order valence-corrected chi connectivity index (χ0v) is 22.4. The molecule has 2 aromatic rings. The van der Waals surface area contributed by atoms with E-state index in [1.807, 2.05) is 23.1 Å². The minimum absolute atomic E-state index is 0.0100. The normalized spacial score (nSPS) is 27.6. The Bertz CT molecular complexity index is 1220. The summed E-state index contributed by atoms with van der Waals surface area (Å²) in [6.45, 7) is 4.22. The summed E-state index contributed by atoms with van der Waals surface area (Å²) in [7, 11) is 0. The number of likely N-dealkylation sites (tertiary alicyclic amines) is 1. The summed E-state index contributed by atoms with van der Waals surface area (Å²) in [6, 6.07) is 14.6. The van der Waals surface area contributed by atoms with Gasteiger partial charge in [0, 0.05) is 31.0 Å². The smallest absolute Gasteiger partial charge is 0.303 e. The number of carbonyl (C=O) groups is 2. The molecule has 0 saturated carbocycles. The molecule has 2 fully saturated rings. The fourth-order valence-corrected chi connectivity index (χ4v) is 7.35. The number of hydrogen-bond acceptors (Lipinski definition) is 4. The Kier molecular flexibility index (Phi) is 6.71. The number of ether oxygens (including phenoxy) is 2. The molecular weight excluding hydrogens is 478 g/mol. The standard InChI is InChI=1S/C32H39NO5/c1-31(13-12-29(35)36)26-20-32(21-37-30(26)25-8-4-5-9-27(25)38-31)14-16-33(17-15-32)28(34)19-22-10-11-23-6-2-3-7-24(23)18-22/h4-5,8-11,18,26,30H,2-3,6-7,12-17,19-21H2,1H3,(H,35,36)/t26-,30+,31+/m1/s1. The molecule has 0 bridgehead atoms. The lowest BCUT2D eigenvalue weighted by Crippen LogP contribution is -2.56. The van der Waals surface area contributed by atoms with Gasteiger partial charge in [0.05, 0.1) is 19.1 Å². The van der Waals surface area contributed by atoms with Gasteiger partial charge in [0.1, 0.15) is 11.4 Å². The van der Waals surface area contributed by atoms with Crippen LogP contribution in [0.1, 0.15) is 80.2 Å². The number of carboxylic acids is 1. The maximum Gasteiger partial charge on any atom is 0.303 e. The van der Waals surface area contributed by atoms with Gasteiger partial charge in [-0.05, 0) is 86.5 Å². The Morgan fingerprint density at radius 3 is 2.61 bits per heavy atom. The molecule has 3 atom stereocenters. The highest BCUT2D eigenvalue weighted by atomic mass is 16.5. The van der Waals surface area contributed by atoms with Crippen LogP contribution in [0.2, 0.25) is 0 Å². The number of benzene rings is 2. The van der Waals surface area contributed by atoms with Crippen molar-refractivity contribution in [1.29, 1.82) is 0 Å². The van der Waals surface area contributed by atoms with Gasteiger partial charge in [0.15, 0.2) is 0 Å². The average Bonchev–Trinajstić information content (AvgIpc) is 2.92. The van der Waals surface area contributed by atoms with Crippen LogP contribution >= 0.6 is 0 Å². The Labute approximate surface area is 225 Å². The Morgan fingerprint density at radius 2 is 1.82 bits per heavy atom. The van der Waals surface area contributed by atoms with Crippen LogP contribution < -0.4 is 4.74 Å². The molecule has 38 heavy (non-hydrogen) atoms. The van der Waals surface area contributed by atoms with Crippen molar-refractivity contribution in [3.05, 3.63) is 64.7 Å². The molecule has 2 saturated heterocycles. The van der Waals surface area contributed by atoms with Gasteiger partial charge in [-0.1, -0.05) is 36.4 Å². The van der Waals surface area contributed by atoms with Gasteiger partial charge in [0.2, 0.25) is 5.91 Å². The molecule has 1 spiro atoms. The summed E-state index contributed by atoms with van der Waals surface area (Å²) in [4.78, 5) is 26.7. The predicted molar refractivity (Wildman–Crippen MR) is 144 cm³/mol. The highest BCUT2D eigenvalue weighted by Crippen LogP contribution is 2.56. The summed E-state index contributed by atoms with van der Waals surface area (Å²) < 4.78 is 13.1. The van der Waals surface area contributed by atoms with E-state index in [0.29, 0.717) is 19.4 Å². The van der Waals surface area contributed by atoms with Crippen LogP contribution in [0.15, 0.2) is 42.5 Å². The lowest BCUT2D eigenvalue weighted by atomic mass is 9.63. The number of aliphatic carboxylic acids is 1. The van der Waals surface area contributed by atoms with E-state index in [1.165, 1.54) is 24.0 Å². The van der Waals surface area contributed by atoms with Crippen LogP contribution in [0.4, 0.5) is 0 Å². The number of carbonyl (C=O) groups excluding carboxylic acids is 1. The summed E-state index contributed by atoms with van der Waals surface area (Å²) in [5, 5.41) is 9.41. The van der Waals surface area contributed by atoms with Crippen molar-refractivity contribution in [3.63, 3.8) is 0 Å². The molecular formula is C32H39NO5.